The van der Waals surface area contributed by atoms with Crippen LogP contribution in [0.3, 0.4) is 0 Å². The van der Waals surface area contributed by atoms with Gasteiger partial charge < -0.3 is 4.90 Å². The topological polar surface area (TPSA) is 19.4 Å². The number of aromatic nitrogens is 1. The van der Waals surface area contributed by atoms with Gasteiger partial charge in [-0.1, -0.05) is 6.07 Å². The van der Waals surface area contributed by atoms with Crippen LogP contribution in [0.1, 0.15) is 13.8 Å². The summed E-state index contributed by atoms with van der Waals surface area (Å²) < 4.78 is 0. The van der Waals surface area contributed by atoms with Crippen molar-refractivity contribution in [2.75, 3.05) is 11.9 Å². The Labute approximate surface area is 84.7 Å². The van der Waals surface area contributed by atoms with Crippen LogP contribution in [0.2, 0.25) is 0 Å². The summed E-state index contributed by atoms with van der Waals surface area (Å²) in [5.74, 6) is 0.911. The first-order chi connectivity index (χ1) is 6.70. The van der Waals surface area contributed by atoms with Gasteiger partial charge in [-0.05, 0) is 26.0 Å². The van der Waals surface area contributed by atoms with Crippen molar-refractivity contribution < 1.29 is 0 Å². The lowest BCUT2D eigenvalue weighted by atomic mass is 10.3. The Kier molecular flexibility index (Phi) is 2.15. The van der Waals surface area contributed by atoms with Gasteiger partial charge in [-0.25, -0.2) is 4.98 Å². The molecule has 0 amide bonds. The second kappa shape index (κ2) is 3.33. The molecule has 0 aromatic carbocycles. The zero-order chi connectivity index (χ0) is 10.1. The largest absolute Gasteiger partial charge is 0.346 e. The molecule has 0 N–H and O–H groups in total. The summed E-state index contributed by atoms with van der Waals surface area (Å²) >= 11 is 0. The van der Waals surface area contributed by atoms with Crippen LogP contribution in [-0.4, -0.2) is 16.9 Å². The van der Waals surface area contributed by atoms with E-state index >= 15 is 0 Å². The van der Waals surface area contributed by atoms with Crippen molar-refractivity contribution in [3.63, 3.8) is 0 Å². The Bertz CT molecular complexity index is 356. The molecule has 1 aromatic rings. The maximum Gasteiger partial charge on any atom is 0.214 e. The second-order valence-electron chi connectivity index (χ2n) is 3.35. The average molecular weight is 187 g/mol. The summed E-state index contributed by atoms with van der Waals surface area (Å²) in [5.41, 5.74) is 2.38. The summed E-state index contributed by atoms with van der Waals surface area (Å²) in [4.78, 5) is 8.23. The molecule has 0 saturated carbocycles. The standard InChI is InChI=1S/C11H13N3/c1-9-10(2)14(8-13(9)3)11-6-4-5-7-12-11/h4-7H,1-3H3. The molecule has 2 radical (unpaired) electrons. The molecule has 2 heterocycles. The summed E-state index contributed by atoms with van der Waals surface area (Å²) in [6, 6.07) is 5.86. The zero-order valence-electron chi connectivity index (χ0n) is 8.65. The highest BCUT2D eigenvalue weighted by Gasteiger charge is 2.23. The fourth-order valence-corrected chi connectivity index (χ4v) is 1.41. The molecule has 1 aliphatic heterocycles. The molecule has 0 bridgehead atoms. The minimum absolute atomic E-state index is 0.911. The first-order valence-corrected chi connectivity index (χ1v) is 4.59. The van der Waals surface area contributed by atoms with E-state index in [0.717, 1.165) is 5.82 Å². The first kappa shape index (κ1) is 9.06. The lowest BCUT2D eigenvalue weighted by Gasteiger charge is -2.17. The molecule has 1 aromatic heterocycles. The van der Waals surface area contributed by atoms with Crippen molar-refractivity contribution in [2.45, 2.75) is 13.8 Å². The quantitative estimate of drug-likeness (QED) is 0.671. The molecule has 2 rings (SSSR count). The third-order valence-corrected chi connectivity index (χ3v) is 2.49. The molecule has 0 atom stereocenters. The van der Waals surface area contributed by atoms with Gasteiger partial charge in [-0.15, -0.1) is 0 Å². The predicted molar refractivity (Wildman–Crippen MR) is 56.1 cm³/mol. The number of nitrogens with zero attached hydrogens (tertiary/aromatic N) is 3. The molecule has 3 nitrogen and oxygen atoms in total. The molecular weight excluding hydrogens is 174 g/mol. The van der Waals surface area contributed by atoms with Crippen molar-refractivity contribution >= 4 is 5.82 Å². The maximum atomic E-state index is 4.28. The van der Waals surface area contributed by atoms with Gasteiger partial charge in [0.15, 0.2) is 0 Å². The second-order valence-corrected chi connectivity index (χ2v) is 3.35. The fourth-order valence-electron chi connectivity index (χ4n) is 1.41. The number of pyridine rings is 1. The first-order valence-electron chi connectivity index (χ1n) is 4.59. The van der Waals surface area contributed by atoms with E-state index in [1.807, 2.05) is 35.0 Å². The van der Waals surface area contributed by atoms with Gasteiger partial charge in [-0.2, -0.15) is 0 Å². The van der Waals surface area contributed by atoms with Gasteiger partial charge in [0.1, 0.15) is 5.82 Å². The van der Waals surface area contributed by atoms with E-state index in [0.29, 0.717) is 0 Å². The van der Waals surface area contributed by atoms with Gasteiger partial charge >= 0.3 is 0 Å². The normalized spacial score (nSPS) is 16.8. The maximum absolute atomic E-state index is 4.28. The number of hydrogen-bond donors (Lipinski definition) is 0. The predicted octanol–water partition coefficient (Wildman–Crippen LogP) is 2.08. The van der Waals surface area contributed by atoms with E-state index in [4.69, 9.17) is 0 Å². The molecule has 0 aliphatic carbocycles. The summed E-state index contributed by atoms with van der Waals surface area (Å²) in [6.07, 6.45) is 1.79. The van der Waals surface area contributed by atoms with Crippen LogP contribution in [-0.2, 0) is 0 Å². The lowest BCUT2D eigenvalue weighted by molar-refractivity contribution is 0.530. The molecule has 3 heteroatoms. The van der Waals surface area contributed by atoms with Gasteiger partial charge in [0.2, 0.25) is 6.67 Å². The van der Waals surface area contributed by atoms with Gasteiger partial charge in [0.25, 0.3) is 0 Å². The van der Waals surface area contributed by atoms with Crippen molar-refractivity contribution in [1.82, 2.24) is 9.88 Å². The monoisotopic (exact) mass is 187 g/mol. The Morgan fingerprint density at radius 3 is 2.50 bits per heavy atom. The third-order valence-electron chi connectivity index (χ3n) is 2.49. The van der Waals surface area contributed by atoms with Gasteiger partial charge in [0, 0.05) is 24.6 Å². The molecule has 72 valence electrons. The Balaban J connectivity index is 2.32. The smallest absolute Gasteiger partial charge is 0.214 e. The van der Waals surface area contributed by atoms with Crippen LogP contribution < -0.4 is 4.90 Å². The van der Waals surface area contributed by atoms with Crippen LogP contribution in [0.4, 0.5) is 5.82 Å². The van der Waals surface area contributed by atoms with E-state index in [1.165, 1.54) is 11.4 Å². The minimum Gasteiger partial charge on any atom is -0.346 e. The third kappa shape index (κ3) is 1.35. The molecule has 0 fully saturated rings. The average Bonchev–Trinajstić information content (AvgIpc) is 2.47. The summed E-state index contributed by atoms with van der Waals surface area (Å²) in [6.45, 7) is 7.34. The SMILES string of the molecule is CC1=C(C)N(c2ccccn2)[C]N1C. The highest BCUT2D eigenvalue weighted by Crippen LogP contribution is 2.28. The minimum atomic E-state index is 0.911. The highest BCUT2D eigenvalue weighted by atomic mass is 15.4. The fraction of sp³-hybridized carbons (Fsp3) is 0.273. The number of hydrogen-bond acceptors (Lipinski definition) is 3. The van der Waals surface area contributed by atoms with E-state index in [-0.39, 0.29) is 0 Å². The zero-order valence-corrected chi connectivity index (χ0v) is 8.65. The van der Waals surface area contributed by atoms with Crippen LogP contribution in [0.15, 0.2) is 35.8 Å². The van der Waals surface area contributed by atoms with E-state index in [9.17, 15) is 0 Å². The summed E-state index contributed by atoms with van der Waals surface area (Å²) in [7, 11) is 1.99. The lowest BCUT2D eigenvalue weighted by Crippen LogP contribution is -2.18. The number of allylic oxidation sites excluding steroid dienone is 2. The Morgan fingerprint density at radius 1 is 1.21 bits per heavy atom. The molecule has 0 unspecified atom stereocenters. The molecular formula is C11H13N3. The van der Waals surface area contributed by atoms with E-state index in [1.54, 1.807) is 6.20 Å². The Hall–Kier alpha value is -1.51. The molecule has 14 heavy (non-hydrogen) atoms. The van der Waals surface area contributed by atoms with Crippen molar-refractivity contribution in [3.05, 3.63) is 42.5 Å². The van der Waals surface area contributed by atoms with Crippen LogP contribution >= 0.6 is 0 Å². The van der Waals surface area contributed by atoms with Crippen LogP contribution in [0, 0.1) is 6.67 Å². The number of anilines is 1. The van der Waals surface area contributed by atoms with Gasteiger partial charge in [-0.3, -0.25) is 4.90 Å². The van der Waals surface area contributed by atoms with Crippen molar-refractivity contribution in [1.29, 1.82) is 0 Å². The Morgan fingerprint density at radius 2 is 2.00 bits per heavy atom. The highest BCUT2D eigenvalue weighted by molar-refractivity contribution is 5.51. The van der Waals surface area contributed by atoms with Crippen LogP contribution in [0.25, 0.3) is 0 Å². The molecule has 1 aliphatic rings. The van der Waals surface area contributed by atoms with Crippen LogP contribution in [0.5, 0.6) is 0 Å². The van der Waals surface area contributed by atoms with Crippen molar-refractivity contribution in [3.8, 4) is 0 Å². The van der Waals surface area contributed by atoms with Gasteiger partial charge in [0.05, 0.1) is 0 Å². The summed E-state index contributed by atoms with van der Waals surface area (Å²) in [5, 5.41) is 0. The molecule has 0 saturated heterocycles. The molecule has 0 spiro atoms. The van der Waals surface area contributed by atoms with E-state index < -0.39 is 0 Å². The van der Waals surface area contributed by atoms with E-state index in [2.05, 4.69) is 25.5 Å². The number of rotatable bonds is 1. The van der Waals surface area contributed by atoms with Crippen molar-refractivity contribution in [2.24, 2.45) is 0 Å².